The molecular formula is C22H20O8. The van der Waals surface area contributed by atoms with Crippen LogP contribution in [0.2, 0.25) is 0 Å². The van der Waals surface area contributed by atoms with E-state index >= 15 is 0 Å². The molecule has 1 atom stereocenters. The van der Waals surface area contributed by atoms with Crippen molar-refractivity contribution >= 4 is 6.29 Å². The van der Waals surface area contributed by atoms with Crippen molar-refractivity contribution in [1.82, 2.24) is 0 Å². The number of methoxy groups -OCH3 is 1. The number of rotatable bonds is 9. The molecule has 3 rings (SSSR count). The van der Waals surface area contributed by atoms with Crippen molar-refractivity contribution in [3.05, 3.63) is 82.9 Å². The summed E-state index contributed by atoms with van der Waals surface area (Å²) in [7, 11) is 1.43. The third-order valence-corrected chi connectivity index (χ3v) is 4.40. The molecule has 0 bridgehead atoms. The molecule has 0 fully saturated rings. The topological polar surface area (TPSA) is 115 Å². The molecule has 3 N–H and O–H groups in total. The smallest absolute Gasteiger partial charge is 0.169 e. The standard InChI is InChI=1S/C22H20O8/c1-27-21-11-18(7-9-20(21)25)30-28-13-14-2-4-15(5-3-14)22(29-26)16-6-8-19(24)17(10-16)12-23/h2-12,22,24-26H,13H2,1H3. The minimum atomic E-state index is -0.833. The van der Waals surface area contributed by atoms with E-state index in [-0.39, 0.29) is 29.4 Å². The highest BCUT2D eigenvalue weighted by molar-refractivity contribution is 5.79. The quantitative estimate of drug-likeness (QED) is 0.274. The van der Waals surface area contributed by atoms with Crippen molar-refractivity contribution in [2.45, 2.75) is 12.7 Å². The number of carbonyl (C=O) groups is 1. The average molecular weight is 412 g/mol. The molecule has 0 spiro atoms. The van der Waals surface area contributed by atoms with Gasteiger partial charge in [0.1, 0.15) is 18.5 Å². The lowest BCUT2D eigenvalue weighted by Gasteiger charge is -2.15. The number of benzene rings is 3. The van der Waals surface area contributed by atoms with Crippen LogP contribution in [0, 0.1) is 0 Å². The lowest BCUT2D eigenvalue weighted by Crippen LogP contribution is -2.05. The van der Waals surface area contributed by atoms with Gasteiger partial charge in [0.15, 0.2) is 23.5 Å². The number of hydrogen-bond donors (Lipinski definition) is 3. The van der Waals surface area contributed by atoms with E-state index in [0.29, 0.717) is 23.2 Å². The summed E-state index contributed by atoms with van der Waals surface area (Å²) in [6, 6.07) is 15.8. The Morgan fingerprint density at radius 1 is 0.933 bits per heavy atom. The van der Waals surface area contributed by atoms with Crippen LogP contribution in [0.3, 0.4) is 0 Å². The molecule has 3 aromatic carbocycles. The van der Waals surface area contributed by atoms with E-state index < -0.39 is 6.10 Å². The van der Waals surface area contributed by atoms with Gasteiger partial charge in [-0.3, -0.25) is 10.1 Å². The molecular weight excluding hydrogens is 392 g/mol. The van der Waals surface area contributed by atoms with E-state index in [2.05, 4.69) is 4.89 Å². The zero-order valence-corrected chi connectivity index (χ0v) is 16.0. The fourth-order valence-corrected chi connectivity index (χ4v) is 2.81. The summed E-state index contributed by atoms with van der Waals surface area (Å²) in [6.45, 7) is 0.141. The Morgan fingerprint density at radius 2 is 1.63 bits per heavy atom. The van der Waals surface area contributed by atoms with Gasteiger partial charge in [0.2, 0.25) is 0 Å². The van der Waals surface area contributed by atoms with Gasteiger partial charge in [-0.05, 0) is 41.0 Å². The van der Waals surface area contributed by atoms with Crippen molar-refractivity contribution in [1.29, 1.82) is 0 Å². The lowest BCUT2D eigenvalue weighted by molar-refractivity contribution is -0.270. The number of hydrogen-bond acceptors (Lipinski definition) is 8. The summed E-state index contributed by atoms with van der Waals surface area (Å²) in [4.78, 5) is 26.0. The van der Waals surface area contributed by atoms with Crippen LogP contribution in [0.1, 0.15) is 33.2 Å². The molecule has 0 heterocycles. The minimum absolute atomic E-state index is 0.00464. The lowest BCUT2D eigenvalue weighted by atomic mass is 9.98. The Labute approximate surface area is 172 Å². The zero-order valence-electron chi connectivity index (χ0n) is 16.0. The Kier molecular flexibility index (Phi) is 6.87. The number of aldehydes is 1. The van der Waals surface area contributed by atoms with Crippen LogP contribution in [0.15, 0.2) is 60.7 Å². The maximum Gasteiger partial charge on any atom is 0.169 e. The second-order valence-corrected chi connectivity index (χ2v) is 6.34. The van der Waals surface area contributed by atoms with Crippen LogP contribution in [0.25, 0.3) is 0 Å². The highest BCUT2D eigenvalue weighted by atomic mass is 17.2. The van der Waals surface area contributed by atoms with Gasteiger partial charge in [-0.2, -0.15) is 4.89 Å². The van der Waals surface area contributed by atoms with E-state index in [1.807, 2.05) is 0 Å². The third kappa shape index (κ3) is 4.87. The third-order valence-electron chi connectivity index (χ3n) is 4.40. The van der Waals surface area contributed by atoms with Crippen LogP contribution in [0.5, 0.6) is 23.0 Å². The first-order valence-corrected chi connectivity index (χ1v) is 8.89. The molecule has 0 aromatic heterocycles. The minimum Gasteiger partial charge on any atom is -0.507 e. The Bertz CT molecular complexity index is 1000. The van der Waals surface area contributed by atoms with Crippen molar-refractivity contribution in [3.8, 4) is 23.0 Å². The fraction of sp³-hybridized carbons (Fsp3) is 0.136. The first kappa shape index (κ1) is 21.1. The summed E-state index contributed by atoms with van der Waals surface area (Å²) in [5, 5.41) is 28.5. The van der Waals surface area contributed by atoms with Gasteiger partial charge < -0.3 is 19.8 Å². The molecule has 0 saturated heterocycles. The number of carbonyl (C=O) groups excluding carboxylic acids is 1. The molecule has 0 radical (unpaired) electrons. The summed E-state index contributed by atoms with van der Waals surface area (Å²) in [5.41, 5.74) is 2.03. The average Bonchev–Trinajstić information content (AvgIpc) is 2.77. The normalized spacial score (nSPS) is 11.7. The second kappa shape index (κ2) is 9.75. The van der Waals surface area contributed by atoms with Crippen molar-refractivity contribution in [3.63, 3.8) is 0 Å². The number of aromatic hydroxyl groups is 2. The molecule has 8 nitrogen and oxygen atoms in total. The predicted molar refractivity (Wildman–Crippen MR) is 106 cm³/mol. The first-order valence-electron chi connectivity index (χ1n) is 8.89. The maximum absolute atomic E-state index is 11.0. The summed E-state index contributed by atoms with van der Waals surface area (Å²) < 4.78 is 5.00. The van der Waals surface area contributed by atoms with Crippen LogP contribution < -0.4 is 9.62 Å². The van der Waals surface area contributed by atoms with E-state index in [9.17, 15) is 20.3 Å². The van der Waals surface area contributed by atoms with E-state index in [1.54, 1.807) is 30.3 Å². The van der Waals surface area contributed by atoms with Crippen LogP contribution in [-0.2, 0) is 16.4 Å². The van der Waals surface area contributed by atoms with Crippen LogP contribution in [-0.4, -0.2) is 28.9 Å². The van der Waals surface area contributed by atoms with Crippen molar-refractivity contribution in [2.75, 3.05) is 7.11 Å². The predicted octanol–water partition coefficient (Wildman–Crippen LogP) is 4.01. The summed E-state index contributed by atoms with van der Waals surface area (Å²) in [6.07, 6.45) is -0.308. The maximum atomic E-state index is 11.0. The second-order valence-electron chi connectivity index (χ2n) is 6.34. The molecule has 8 heteroatoms. The number of phenolic OH excluding ortho intramolecular Hbond substituents is 2. The summed E-state index contributed by atoms with van der Waals surface area (Å²) >= 11 is 0. The van der Waals surface area contributed by atoms with E-state index in [0.717, 1.165) is 5.56 Å². The molecule has 0 amide bonds. The Balaban J connectivity index is 1.64. The van der Waals surface area contributed by atoms with Gasteiger partial charge in [-0.15, -0.1) is 0 Å². The first-order chi connectivity index (χ1) is 14.5. The molecule has 0 aliphatic carbocycles. The zero-order chi connectivity index (χ0) is 21.5. The van der Waals surface area contributed by atoms with E-state index in [4.69, 9.17) is 14.5 Å². The largest absolute Gasteiger partial charge is 0.507 e. The molecule has 1 unspecified atom stereocenters. The molecule has 3 aromatic rings. The fourth-order valence-electron chi connectivity index (χ4n) is 2.81. The molecule has 0 aliphatic rings. The van der Waals surface area contributed by atoms with Crippen molar-refractivity contribution < 1.29 is 39.7 Å². The van der Waals surface area contributed by atoms with E-state index in [1.165, 1.54) is 37.4 Å². The molecule has 156 valence electrons. The molecule has 30 heavy (non-hydrogen) atoms. The molecule has 0 saturated carbocycles. The van der Waals surface area contributed by atoms with Gasteiger partial charge >= 0.3 is 0 Å². The van der Waals surface area contributed by atoms with Gasteiger partial charge in [0.05, 0.1) is 12.7 Å². The van der Waals surface area contributed by atoms with Crippen LogP contribution in [0.4, 0.5) is 0 Å². The number of ether oxygens (including phenoxy) is 1. The van der Waals surface area contributed by atoms with Gasteiger partial charge in [0.25, 0.3) is 0 Å². The van der Waals surface area contributed by atoms with Gasteiger partial charge in [0, 0.05) is 6.07 Å². The Morgan fingerprint density at radius 3 is 2.30 bits per heavy atom. The highest BCUT2D eigenvalue weighted by Crippen LogP contribution is 2.31. The van der Waals surface area contributed by atoms with Gasteiger partial charge in [-0.25, -0.2) is 4.89 Å². The van der Waals surface area contributed by atoms with Crippen LogP contribution >= 0.6 is 0 Å². The SMILES string of the molecule is COc1cc(OOCc2ccc(C(OO)c3ccc(O)c(C=O)c3)cc2)ccc1O. The number of phenols is 2. The molecule has 0 aliphatic heterocycles. The highest BCUT2D eigenvalue weighted by Gasteiger charge is 2.17. The Hall–Kier alpha value is -3.59. The van der Waals surface area contributed by atoms with Crippen molar-refractivity contribution in [2.24, 2.45) is 0 Å². The summed E-state index contributed by atoms with van der Waals surface area (Å²) in [5.74, 6) is 0.481. The van der Waals surface area contributed by atoms with Gasteiger partial charge in [-0.1, -0.05) is 30.3 Å². The monoisotopic (exact) mass is 412 g/mol.